The Morgan fingerprint density at radius 1 is 1.62 bits per heavy atom. The van der Waals surface area contributed by atoms with Gasteiger partial charge in [-0.2, -0.15) is 5.26 Å². The molecule has 0 aromatic carbocycles. The van der Waals surface area contributed by atoms with E-state index in [4.69, 9.17) is 5.26 Å². The van der Waals surface area contributed by atoms with Crippen LogP contribution in [0.3, 0.4) is 0 Å². The highest BCUT2D eigenvalue weighted by molar-refractivity contribution is 5.71. The molecule has 0 fully saturated rings. The molecule has 1 aromatic rings. The van der Waals surface area contributed by atoms with Crippen LogP contribution in [-0.2, 0) is 16.0 Å². The molecule has 84 valence electrons. The maximum atomic E-state index is 12.4. The third-order valence-electron chi connectivity index (χ3n) is 1.82. The van der Waals surface area contributed by atoms with Gasteiger partial charge in [0.15, 0.2) is 0 Å². The van der Waals surface area contributed by atoms with E-state index < -0.39 is 12.4 Å². The molecule has 1 aromatic heterocycles. The summed E-state index contributed by atoms with van der Waals surface area (Å²) >= 11 is 0. The van der Waals surface area contributed by atoms with Gasteiger partial charge < -0.3 is 4.74 Å². The van der Waals surface area contributed by atoms with E-state index in [1.807, 2.05) is 0 Å². The number of aromatic nitrogens is 1. The Morgan fingerprint density at radius 2 is 2.31 bits per heavy atom. The van der Waals surface area contributed by atoms with Crippen LogP contribution in [0.5, 0.6) is 0 Å². The molecule has 0 aliphatic carbocycles. The van der Waals surface area contributed by atoms with Gasteiger partial charge in [0.05, 0.1) is 19.2 Å². The molecule has 0 aliphatic rings. The zero-order valence-corrected chi connectivity index (χ0v) is 8.41. The minimum absolute atomic E-state index is 0.0983. The fourth-order valence-corrected chi connectivity index (χ4v) is 1.11. The highest BCUT2D eigenvalue weighted by Gasteiger charge is 2.13. The molecule has 1 heterocycles. The standard InChI is InChI=1S/C10H8F2N2O2/c1-16-9(15)4-7-2-6(10(11)12)3-8(5-13)14-7/h2-3,10H,4H2,1H3. The molecule has 0 radical (unpaired) electrons. The summed E-state index contributed by atoms with van der Waals surface area (Å²) in [5.74, 6) is -0.595. The predicted molar refractivity (Wildman–Crippen MR) is 49.6 cm³/mol. The van der Waals surface area contributed by atoms with E-state index in [2.05, 4.69) is 9.72 Å². The lowest BCUT2D eigenvalue weighted by Crippen LogP contribution is -2.07. The molecular weight excluding hydrogens is 218 g/mol. The number of hydrogen-bond acceptors (Lipinski definition) is 4. The molecule has 0 bridgehead atoms. The van der Waals surface area contributed by atoms with Crippen LogP contribution in [-0.4, -0.2) is 18.1 Å². The maximum absolute atomic E-state index is 12.4. The molecule has 0 saturated carbocycles. The topological polar surface area (TPSA) is 63.0 Å². The second-order valence-corrected chi connectivity index (χ2v) is 2.94. The van der Waals surface area contributed by atoms with Crippen molar-refractivity contribution in [3.8, 4) is 6.07 Å². The number of carbonyl (C=O) groups is 1. The first-order chi connectivity index (χ1) is 7.56. The van der Waals surface area contributed by atoms with Gasteiger partial charge in [0, 0.05) is 5.56 Å². The van der Waals surface area contributed by atoms with E-state index in [9.17, 15) is 13.6 Å². The number of hydrogen-bond donors (Lipinski definition) is 0. The minimum atomic E-state index is -2.70. The molecule has 0 amide bonds. The Kier molecular flexibility index (Phi) is 3.89. The lowest BCUT2D eigenvalue weighted by Gasteiger charge is -2.04. The van der Waals surface area contributed by atoms with Crippen molar-refractivity contribution >= 4 is 5.97 Å². The quantitative estimate of drug-likeness (QED) is 0.734. The minimum Gasteiger partial charge on any atom is -0.469 e. The predicted octanol–water partition coefficient (Wildman–Crippen LogP) is 1.61. The third kappa shape index (κ3) is 2.98. The monoisotopic (exact) mass is 226 g/mol. The number of carbonyl (C=O) groups excluding carboxylic acids is 1. The molecule has 4 nitrogen and oxygen atoms in total. The summed E-state index contributed by atoms with van der Waals surface area (Å²) in [6, 6.07) is 3.73. The van der Waals surface area contributed by atoms with Gasteiger partial charge in [0.2, 0.25) is 0 Å². The van der Waals surface area contributed by atoms with Crippen LogP contribution in [0.15, 0.2) is 12.1 Å². The number of pyridine rings is 1. The average Bonchev–Trinajstić information content (AvgIpc) is 2.28. The van der Waals surface area contributed by atoms with Gasteiger partial charge in [0.1, 0.15) is 11.8 Å². The number of ether oxygens (including phenoxy) is 1. The van der Waals surface area contributed by atoms with Gasteiger partial charge in [-0.1, -0.05) is 0 Å². The summed E-state index contributed by atoms with van der Waals surface area (Å²) in [7, 11) is 1.19. The number of nitriles is 1. The van der Waals surface area contributed by atoms with Crippen molar-refractivity contribution in [2.24, 2.45) is 0 Å². The van der Waals surface area contributed by atoms with Crippen molar-refractivity contribution in [3.05, 3.63) is 29.1 Å². The van der Waals surface area contributed by atoms with Gasteiger partial charge in [-0.15, -0.1) is 0 Å². The Labute approximate surface area is 90.5 Å². The summed E-state index contributed by atoms with van der Waals surface area (Å²) in [5.41, 5.74) is -0.372. The summed E-state index contributed by atoms with van der Waals surface area (Å²) in [6.45, 7) is 0. The molecule has 6 heteroatoms. The fraction of sp³-hybridized carbons (Fsp3) is 0.300. The molecule has 16 heavy (non-hydrogen) atoms. The highest BCUT2D eigenvalue weighted by atomic mass is 19.3. The van der Waals surface area contributed by atoms with Gasteiger partial charge in [-0.05, 0) is 12.1 Å². The Balaban J connectivity index is 3.05. The van der Waals surface area contributed by atoms with Gasteiger partial charge in [-0.3, -0.25) is 4.79 Å². The van der Waals surface area contributed by atoms with E-state index in [0.717, 1.165) is 12.1 Å². The second kappa shape index (κ2) is 5.16. The molecule has 0 spiro atoms. The van der Waals surface area contributed by atoms with Crippen LogP contribution < -0.4 is 0 Å². The molecule has 1 rings (SSSR count). The normalized spacial score (nSPS) is 9.94. The number of methoxy groups -OCH3 is 1. The average molecular weight is 226 g/mol. The van der Waals surface area contributed by atoms with Crippen LogP contribution in [0.4, 0.5) is 8.78 Å². The SMILES string of the molecule is COC(=O)Cc1cc(C(F)F)cc(C#N)n1. The number of esters is 1. The van der Waals surface area contributed by atoms with Crippen molar-refractivity contribution < 1.29 is 18.3 Å². The number of rotatable bonds is 3. The molecule has 0 aliphatic heterocycles. The summed E-state index contributed by atoms with van der Waals surface area (Å²) in [6.07, 6.45) is -2.93. The molecule has 0 N–H and O–H groups in total. The lowest BCUT2D eigenvalue weighted by molar-refractivity contribution is -0.139. The third-order valence-corrected chi connectivity index (χ3v) is 1.82. The van der Waals surface area contributed by atoms with Crippen molar-refractivity contribution in [2.75, 3.05) is 7.11 Å². The lowest BCUT2D eigenvalue weighted by atomic mass is 10.1. The smallest absolute Gasteiger partial charge is 0.311 e. The first-order valence-electron chi connectivity index (χ1n) is 4.32. The van der Waals surface area contributed by atoms with E-state index in [-0.39, 0.29) is 23.4 Å². The van der Waals surface area contributed by atoms with E-state index in [0.29, 0.717) is 0 Å². The van der Waals surface area contributed by atoms with E-state index in [1.165, 1.54) is 7.11 Å². The first kappa shape index (κ1) is 12.0. The Morgan fingerprint density at radius 3 is 2.81 bits per heavy atom. The number of alkyl halides is 2. The first-order valence-corrected chi connectivity index (χ1v) is 4.32. The second-order valence-electron chi connectivity index (χ2n) is 2.94. The zero-order chi connectivity index (χ0) is 12.1. The van der Waals surface area contributed by atoms with Crippen molar-refractivity contribution in [1.82, 2.24) is 4.98 Å². The summed E-state index contributed by atoms with van der Waals surface area (Å²) in [4.78, 5) is 14.7. The largest absolute Gasteiger partial charge is 0.469 e. The van der Waals surface area contributed by atoms with Crippen LogP contribution in [0.25, 0.3) is 0 Å². The Hall–Kier alpha value is -2.03. The van der Waals surface area contributed by atoms with Crippen LogP contribution in [0.2, 0.25) is 0 Å². The van der Waals surface area contributed by atoms with Gasteiger partial charge in [0.25, 0.3) is 6.43 Å². The Bertz CT molecular complexity index is 441. The number of halogens is 2. The van der Waals surface area contributed by atoms with Crippen molar-refractivity contribution in [3.63, 3.8) is 0 Å². The molecule has 0 unspecified atom stereocenters. The zero-order valence-electron chi connectivity index (χ0n) is 8.41. The van der Waals surface area contributed by atoms with Crippen molar-refractivity contribution in [1.29, 1.82) is 5.26 Å². The van der Waals surface area contributed by atoms with Crippen molar-refractivity contribution in [2.45, 2.75) is 12.8 Å². The molecule has 0 saturated heterocycles. The number of nitrogens with zero attached hydrogens (tertiary/aromatic N) is 2. The van der Waals surface area contributed by atoms with E-state index in [1.54, 1.807) is 6.07 Å². The van der Waals surface area contributed by atoms with Gasteiger partial charge in [-0.25, -0.2) is 13.8 Å². The molecule has 0 atom stereocenters. The molecular formula is C10H8F2N2O2. The van der Waals surface area contributed by atoms with Crippen LogP contribution in [0.1, 0.15) is 23.4 Å². The van der Waals surface area contributed by atoms with Gasteiger partial charge >= 0.3 is 5.97 Å². The maximum Gasteiger partial charge on any atom is 0.311 e. The summed E-state index contributed by atoms with van der Waals surface area (Å²) in [5, 5.41) is 8.59. The van der Waals surface area contributed by atoms with E-state index >= 15 is 0 Å². The summed E-state index contributed by atoms with van der Waals surface area (Å²) < 4.78 is 29.2. The fourth-order valence-electron chi connectivity index (χ4n) is 1.11. The van der Waals surface area contributed by atoms with Crippen LogP contribution >= 0.6 is 0 Å². The van der Waals surface area contributed by atoms with Crippen LogP contribution in [0, 0.1) is 11.3 Å². The highest BCUT2D eigenvalue weighted by Crippen LogP contribution is 2.20.